The molecule has 2 unspecified atom stereocenters. The minimum absolute atomic E-state index is 0.115. The van der Waals surface area contributed by atoms with Gasteiger partial charge in [-0.25, -0.2) is 0 Å². The van der Waals surface area contributed by atoms with Crippen LogP contribution in [0.4, 0.5) is 26.3 Å². The van der Waals surface area contributed by atoms with Crippen LogP contribution in [0.3, 0.4) is 0 Å². The summed E-state index contributed by atoms with van der Waals surface area (Å²) in [5, 5.41) is 0. The van der Waals surface area contributed by atoms with Gasteiger partial charge in [-0.2, -0.15) is 26.3 Å². The van der Waals surface area contributed by atoms with Gasteiger partial charge in [-0.05, 0) is 61.4 Å². The SMILES string of the molecule is CC12SC(c3ccc([P+](C)(C)C)s3)=CC1=C1C(=C3C=C(c4ccc([P+](C)(C)C)s4)SC32C)C(F)(F)C(F)(F)C1(F)F. The van der Waals surface area contributed by atoms with Gasteiger partial charge in [-0.15, -0.1) is 23.5 Å². The van der Waals surface area contributed by atoms with Crippen molar-refractivity contribution >= 4 is 79.8 Å². The molecule has 0 spiro atoms. The third-order valence-electron chi connectivity index (χ3n) is 8.31. The van der Waals surface area contributed by atoms with Crippen molar-refractivity contribution in [2.75, 3.05) is 40.0 Å². The van der Waals surface area contributed by atoms with Crippen molar-refractivity contribution in [1.82, 2.24) is 0 Å². The van der Waals surface area contributed by atoms with Crippen LogP contribution in [0.2, 0.25) is 0 Å². The maximum atomic E-state index is 15.6. The van der Waals surface area contributed by atoms with E-state index in [1.807, 2.05) is 24.3 Å². The number of thioether (sulfide) groups is 2. The second-order valence-electron chi connectivity index (χ2n) is 12.9. The first-order valence-electron chi connectivity index (χ1n) is 12.9. The van der Waals surface area contributed by atoms with Crippen LogP contribution in [0.1, 0.15) is 23.6 Å². The lowest BCUT2D eigenvalue weighted by molar-refractivity contribution is -0.258. The van der Waals surface area contributed by atoms with Crippen LogP contribution < -0.4 is 9.24 Å². The van der Waals surface area contributed by atoms with Gasteiger partial charge < -0.3 is 0 Å². The van der Waals surface area contributed by atoms with E-state index in [1.165, 1.54) is 44.9 Å². The Morgan fingerprint density at radius 1 is 0.561 bits per heavy atom. The smallest absolute Gasteiger partial charge is 0.194 e. The average Bonchev–Trinajstić information content (AvgIpc) is 3.61. The van der Waals surface area contributed by atoms with Crippen molar-refractivity contribution in [3.05, 3.63) is 68.5 Å². The fourth-order valence-corrected chi connectivity index (χ4v) is 14.4. The lowest BCUT2D eigenvalue weighted by Crippen LogP contribution is -2.48. The minimum atomic E-state index is -5.54. The summed E-state index contributed by atoms with van der Waals surface area (Å²) in [5.74, 6) is -15.6. The van der Waals surface area contributed by atoms with Gasteiger partial charge in [-0.1, -0.05) is 22.7 Å². The first kappa shape index (κ1) is 30.5. The van der Waals surface area contributed by atoms with Crippen LogP contribution >= 0.6 is 60.7 Å². The molecule has 220 valence electrons. The number of hydrogen-bond donors (Lipinski definition) is 0. The van der Waals surface area contributed by atoms with Crippen molar-refractivity contribution in [3.8, 4) is 0 Å². The highest BCUT2D eigenvalue weighted by molar-refractivity contribution is 8.14. The van der Waals surface area contributed by atoms with Crippen molar-refractivity contribution in [3.63, 3.8) is 0 Å². The van der Waals surface area contributed by atoms with Gasteiger partial charge in [0.25, 0.3) is 0 Å². The standard InChI is InChI=1S/C29H30F6P2S4/c1-25-15(13-19(40-25)17-9-11-21(38-17)36(3,4)5)23-24(28(32,33)29(34,35)27(23,30)31)16-14-20(41-26(16,25)2)18-10-12-22(39-18)37(6,7)8/h9-14H,1-8H3/q+2. The first-order chi connectivity index (χ1) is 18.6. The van der Waals surface area contributed by atoms with Gasteiger partial charge in [0.05, 0.1) is 49.5 Å². The maximum absolute atomic E-state index is 15.6. The molecule has 0 saturated heterocycles. The molecule has 0 aromatic carbocycles. The van der Waals surface area contributed by atoms with E-state index in [0.717, 1.165) is 9.75 Å². The Labute approximate surface area is 254 Å². The molecule has 4 aliphatic rings. The number of halogens is 6. The summed E-state index contributed by atoms with van der Waals surface area (Å²) >= 11 is 5.77. The van der Waals surface area contributed by atoms with Crippen molar-refractivity contribution in [2.24, 2.45) is 0 Å². The van der Waals surface area contributed by atoms with Gasteiger partial charge in [0.1, 0.15) is 9.24 Å². The van der Waals surface area contributed by atoms with Gasteiger partial charge in [0.15, 0.2) is 0 Å². The Kier molecular flexibility index (Phi) is 6.56. The molecule has 2 aromatic heterocycles. The molecular weight excluding hydrogens is 653 g/mol. The lowest BCUT2D eigenvalue weighted by atomic mass is 9.71. The predicted octanol–water partition coefficient (Wildman–Crippen LogP) is 9.79. The molecule has 6 rings (SSSR count). The molecule has 4 heterocycles. The number of thiophene rings is 2. The normalized spacial score (nSPS) is 29.9. The fraction of sp³-hybridized carbons (Fsp3) is 0.448. The molecule has 1 fully saturated rings. The van der Waals surface area contributed by atoms with E-state index in [1.54, 1.807) is 36.5 Å². The predicted molar refractivity (Wildman–Crippen MR) is 174 cm³/mol. The molecule has 2 atom stereocenters. The van der Waals surface area contributed by atoms with Crippen molar-refractivity contribution in [1.29, 1.82) is 0 Å². The Bertz CT molecular complexity index is 1510. The van der Waals surface area contributed by atoms with E-state index in [2.05, 4.69) is 40.0 Å². The summed E-state index contributed by atoms with van der Waals surface area (Å²) in [6.07, 6.45) is 2.96. The molecule has 0 nitrogen and oxygen atoms in total. The Morgan fingerprint density at radius 3 is 1.20 bits per heavy atom. The maximum Gasteiger partial charge on any atom is 0.380 e. The summed E-state index contributed by atoms with van der Waals surface area (Å²) in [5.41, 5.74) is -2.63. The number of hydrogen-bond acceptors (Lipinski definition) is 4. The summed E-state index contributed by atoms with van der Waals surface area (Å²) in [7, 11) is -2.72. The number of allylic oxidation sites excluding steroid dienone is 4. The molecule has 0 bridgehead atoms. The number of fused-ring (bicyclic) bond motifs is 4. The summed E-state index contributed by atoms with van der Waals surface area (Å²) in [6.45, 7) is 16.6. The average molecular weight is 683 g/mol. The highest BCUT2D eigenvalue weighted by atomic mass is 32.2. The minimum Gasteiger partial charge on any atom is -0.194 e. The van der Waals surface area contributed by atoms with Crippen LogP contribution in [0.5, 0.6) is 0 Å². The van der Waals surface area contributed by atoms with Gasteiger partial charge >= 0.3 is 17.8 Å². The number of rotatable bonds is 4. The fourth-order valence-electron chi connectivity index (χ4n) is 5.79. The van der Waals surface area contributed by atoms with Crippen LogP contribution in [0, 0.1) is 0 Å². The van der Waals surface area contributed by atoms with Gasteiger partial charge in [0, 0.05) is 45.2 Å². The lowest BCUT2D eigenvalue weighted by Gasteiger charge is -2.47. The molecular formula is C29H30F6P2S4+2. The molecule has 41 heavy (non-hydrogen) atoms. The van der Waals surface area contributed by atoms with Crippen molar-refractivity contribution < 1.29 is 26.3 Å². The summed E-state index contributed by atoms with van der Waals surface area (Å²) in [6, 6.07) is 7.91. The molecule has 12 heteroatoms. The van der Waals surface area contributed by atoms with Gasteiger partial charge in [0.2, 0.25) is 0 Å². The Morgan fingerprint density at radius 2 is 0.902 bits per heavy atom. The zero-order valence-corrected chi connectivity index (χ0v) is 28.8. The monoisotopic (exact) mass is 682 g/mol. The largest absolute Gasteiger partial charge is 0.380 e. The molecule has 0 radical (unpaired) electrons. The van der Waals surface area contributed by atoms with Crippen LogP contribution in [-0.2, 0) is 0 Å². The molecule has 0 N–H and O–H groups in total. The van der Waals surface area contributed by atoms with E-state index in [0.29, 0.717) is 9.81 Å². The third kappa shape index (κ3) is 3.96. The third-order valence-corrected chi connectivity index (χ3v) is 20.5. The molecule has 0 amide bonds. The second kappa shape index (κ2) is 8.81. The molecule has 2 aliphatic heterocycles. The van der Waals surface area contributed by atoms with E-state index in [-0.39, 0.29) is 11.1 Å². The van der Waals surface area contributed by atoms with E-state index < -0.39 is 52.9 Å². The number of alkyl halides is 6. The first-order valence-corrected chi connectivity index (χ1v) is 22.4. The van der Waals surface area contributed by atoms with Crippen LogP contribution in [0.25, 0.3) is 9.81 Å². The van der Waals surface area contributed by atoms with Crippen molar-refractivity contribution in [2.45, 2.75) is 41.1 Å². The van der Waals surface area contributed by atoms with Crippen LogP contribution in [-0.4, -0.2) is 67.3 Å². The van der Waals surface area contributed by atoms with E-state index in [9.17, 15) is 0 Å². The second-order valence-corrected chi connectivity index (χ2v) is 27.6. The Hall–Kier alpha value is -0.500. The Balaban J connectivity index is 1.59. The molecule has 2 aliphatic carbocycles. The zero-order chi connectivity index (χ0) is 30.3. The van der Waals surface area contributed by atoms with E-state index in [4.69, 9.17) is 0 Å². The van der Waals surface area contributed by atoms with Crippen LogP contribution in [0.15, 0.2) is 58.7 Å². The highest BCUT2D eigenvalue weighted by Gasteiger charge is 2.84. The molecule has 2 aromatic rings. The summed E-state index contributed by atoms with van der Waals surface area (Å²) < 4.78 is 92.6. The molecule has 1 saturated carbocycles. The van der Waals surface area contributed by atoms with E-state index >= 15 is 26.3 Å². The zero-order valence-electron chi connectivity index (χ0n) is 23.8. The topological polar surface area (TPSA) is 0 Å². The quantitative estimate of drug-likeness (QED) is 0.233. The highest BCUT2D eigenvalue weighted by Crippen LogP contribution is 2.75. The van der Waals surface area contributed by atoms with Gasteiger partial charge in [-0.3, -0.25) is 0 Å². The summed E-state index contributed by atoms with van der Waals surface area (Å²) in [4.78, 5) is 2.98.